The third kappa shape index (κ3) is 1.87. The van der Waals surface area contributed by atoms with Crippen molar-refractivity contribution in [2.75, 3.05) is 6.61 Å². The lowest BCUT2D eigenvalue weighted by Crippen LogP contribution is -1.93. The molecule has 3 heteroatoms. The lowest BCUT2D eigenvalue weighted by Gasteiger charge is -2.10. The summed E-state index contributed by atoms with van der Waals surface area (Å²) in [6.45, 7) is 2.67. The molecule has 1 aromatic heterocycles. The topological polar surface area (TPSA) is 22.1 Å². The fraction of sp³-hybridized carbons (Fsp3) is 0.133. The molecule has 0 fully saturated rings. The van der Waals surface area contributed by atoms with Crippen molar-refractivity contribution in [2.45, 2.75) is 6.92 Å². The molecule has 2 aromatic carbocycles. The Kier molecular flexibility index (Phi) is 2.99. The lowest BCUT2D eigenvalue weighted by molar-refractivity contribution is 0.344. The van der Waals surface area contributed by atoms with Gasteiger partial charge in [-0.1, -0.05) is 24.3 Å². The molecule has 0 bridgehead atoms. The minimum atomic E-state index is 0.674. The standard InChI is InChI=1S/C15H12NOS/c1-2-17-15-8-7-12(14-9-18-10-16-14)11-5-3-4-6-13(11)15/h3-9H,2H2,1H3. The summed E-state index contributed by atoms with van der Waals surface area (Å²) in [5.41, 5.74) is 5.00. The first kappa shape index (κ1) is 11.2. The molecule has 1 heterocycles. The van der Waals surface area contributed by atoms with Crippen LogP contribution >= 0.6 is 11.3 Å². The quantitative estimate of drug-likeness (QED) is 0.700. The molecule has 89 valence electrons. The van der Waals surface area contributed by atoms with Crippen LogP contribution in [-0.4, -0.2) is 11.6 Å². The molecule has 3 rings (SSSR count). The number of rotatable bonds is 3. The summed E-state index contributed by atoms with van der Waals surface area (Å²) in [6, 6.07) is 12.3. The second-order valence-corrected chi connectivity index (χ2v) is 4.57. The van der Waals surface area contributed by atoms with E-state index in [1.165, 1.54) is 16.7 Å². The van der Waals surface area contributed by atoms with Gasteiger partial charge in [-0.2, -0.15) is 0 Å². The van der Waals surface area contributed by atoms with Gasteiger partial charge in [-0.15, -0.1) is 11.3 Å². The highest BCUT2D eigenvalue weighted by Gasteiger charge is 2.09. The first-order valence-corrected chi connectivity index (χ1v) is 6.74. The predicted molar refractivity (Wildman–Crippen MR) is 75.1 cm³/mol. The predicted octanol–water partition coefficient (Wildman–Crippen LogP) is 4.16. The number of hydrogen-bond donors (Lipinski definition) is 0. The van der Waals surface area contributed by atoms with E-state index in [0.29, 0.717) is 6.61 Å². The highest BCUT2D eigenvalue weighted by Crippen LogP contribution is 2.34. The van der Waals surface area contributed by atoms with Gasteiger partial charge in [0, 0.05) is 16.3 Å². The molecule has 0 N–H and O–H groups in total. The number of fused-ring (bicyclic) bond motifs is 1. The van der Waals surface area contributed by atoms with Crippen LogP contribution < -0.4 is 4.74 Å². The summed E-state index contributed by atoms with van der Waals surface area (Å²) in [7, 11) is 0. The Morgan fingerprint density at radius 3 is 2.72 bits per heavy atom. The monoisotopic (exact) mass is 254 g/mol. The average Bonchev–Trinajstić information content (AvgIpc) is 2.93. The minimum Gasteiger partial charge on any atom is -0.493 e. The molecular formula is C15H12NOS. The van der Waals surface area contributed by atoms with Crippen LogP contribution in [0.3, 0.4) is 0 Å². The van der Waals surface area contributed by atoms with E-state index in [1.54, 1.807) is 0 Å². The van der Waals surface area contributed by atoms with Gasteiger partial charge < -0.3 is 4.74 Å². The summed E-state index contributed by atoms with van der Waals surface area (Å²) in [4.78, 5) is 4.26. The Labute approximate surface area is 110 Å². The Bertz CT molecular complexity index is 661. The van der Waals surface area contributed by atoms with Crippen LogP contribution in [0, 0.1) is 5.51 Å². The van der Waals surface area contributed by atoms with Gasteiger partial charge in [0.05, 0.1) is 12.3 Å². The van der Waals surface area contributed by atoms with Gasteiger partial charge in [-0.05, 0) is 24.4 Å². The molecule has 1 radical (unpaired) electrons. The van der Waals surface area contributed by atoms with Gasteiger partial charge in [-0.25, -0.2) is 4.98 Å². The van der Waals surface area contributed by atoms with Crippen molar-refractivity contribution < 1.29 is 4.74 Å². The number of thiazole rings is 1. The molecule has 0 saturated heterocycles. The van der Waals surface area contributed by atoms with Crippen molar-refractivity contribution in [1.29, 1.82) is 0 Å². The molecular weight excluding hydrogens is 242 g/mol. The number of hydrogen-bond acceptors (Lipinski definition) is 3. The Morgan fingerprint density at radius 2 is 2.00 bits per heavy atom. The van der Waals surface area contributed by atoms with Crippen molar-refractivity contribution in [3.8, 4) is 17.0 Å². The van der Waals surface area contributed by atoms with Gasteiger partial charge in [0.15, 0.2) is 5.51 Å². The number of aromatic nitrogens is 1. The number of benzene rings is 2. The van der Waals surface area contributed by atoms with Crippen LogP contribution in [0.15, 0.2) is 41.8 Å². The Balaban J connectivity index is 2.26. The first-order chi connectivity index (χ1) is 8.90. The molecule has 0 aliphatic carbocycles. The summed E-state index contributed by atoms with van der Waals surface area (Å²) >= 11 is 1.49. The maximum absolute atomic E-state index is 5.67. The van der Waals surface area contributed by atoms with Crippen molar-refractivity contribution in [2.24, 2.45) is 0 Å². The van der Waals surface area contributed by atoms with Crippen LogP contribution in [-0.2, 0) is 0 Å². The Hall–Kier alpha value is -1.87. The van der Waals surface area contributed by atoms with Crippen molar-refractivity contribution in [3.63, 3.8) is 0 Å². The van der Waals surface area contributed by atoms with Crippen LogP contribution in [0.5, 0.6) is 5.75 Å². The molecule has 3 aromatic rings. The van der Waals surface area contributed by atoms with Crippen LogP contribution in [0.25, 0.3) is 22.0 Å². The second kappa shape index (κ2) is 4.78. The smallest absolute Gasteiger partial charge is 0.152 e. The molecule has 18 heavy (non-hydrogen) atoms. The summed E-state index contributed by atoms with van der Waals surface area (Å²) in [5, 5.41) is 4.31. The van der Waals surface area contributed by atoms with Gasteiger partial charge in [-0.3, -0.25) is 0 Å². The highest BCUT2D eigenvalue weighted by molar-refractivity contribution is 7.07. The first-order valence-electron chi connectivity index (χ1n) is 5.86. The molecule has 0 atom stereocenters. The van der Waals surface area contributed by atoms with Crippen LogP contribution in [0.2, 0.25) is 0 Å². The Morgan fingerprint density at radius 1 is 1.17 bits per heavy atom. The fourth-order valence-corrected chi connectivity index (χ4v) is 2.58. The molecule has 0 amide bonds. The number of nitrogens with zero attached hydrogens (tertiary/aromatic N) is 1. The molecule has 0 aliphatic rings. The zero-order valence-electron chi connectivity index (χ0n) is 10.0. The highest BCUT2D eigenvalue weighted by atomic mass is 32.1. The minimum absolute atomic E-state index is 0.674. The maximum Gasteiger partial charge on any atom is 0.152 e. The van der Waals surface area contributed by atoms with E-state index in [1.807, 2.05) is 30.5 Å². The van der Waals surface area contributed by atoms with Crippen LogP contribution in [0.4, 0.5) is 0 Å². The number of ether oxygens (including phenoxy) is 1. The zero-order valence-corrected chi connectivity index (χ0v) is 10.8. The molecule has 2 nitrogen and oxygen atoms in total. The molecule has 0 saturated carbocycles. The van der Waals surface area contributed by atoms with E-state index >= 15 is 0 Å². The summed E-state index contributed by atoms with van der Waals surface area (Å²) in [6.07, 6.45) is 0. The average molecular weight is 254 g/mol. The SMILES string of the molecule is CCOc1ccc(-c2cs[c]n2)c2ccccc12. The van der Waals surface area contributed by atoms with Gasteiger partial charge >= 0.3 is 0 Å². The summed E-state index contributed by atoms with van der Waals surface area (Å²) < 4.78 is 5.67. The van der Waals surface area contributed by atoms with E-state index in [-0.39, 0.29) is 0 Å². The van der Waals surface area contributed by atoms with Crippen molar-refractivity contribution in [3.05, 3.63) is 47.3 Å². The van der Waals surface area contributed by atoms with Gasteiger partial charge in [0.2, 0.25) is 0 Å². The van der Waals surface area contributed by atoms with E-state index in [4.69, 9.17) is 4.74 Å². The van der Waals surface area contributed by atoms with E-state index in [9.17, 15) is 0 Å². The molecule has 0 unspecified atom stereocenters. The third-order valence-corrected chi connectivity index (χ3v) is 3.39. The van der Waals surface area contributed by atoms with Crippen molar-refractivity contribution >= 4 is 22.1 Å². The van der Waals surface area contributed by atoms with Crippen molar-refractivity contribution in [1.82, 2.24) is 4.98 Å². The van der Waals surface area contributed by atoms with E-state index in [0.717, 1.165) is 22.4 Å². The van der Waals surface area contributed by atoms with E-state index < -0.39 is 0 Å². The van der Waals surface area contributed by atoms with Crippen LogP contribution in [0.1, 0.15) is 6.92 Å². The second-order valence-electron chi connectivity index (χ2n) is 3.91. The van der Waals surface area contributed by atoms with E-state index in [2.05, 4.69) is 28.7 Å². The van der Waals surface area contributed by atoms with Gasteiger partial charge in [0.25, 0.3) is 0 Å². The maximum atomic E-state index is 5.67. The zero-order chi connectivity index (χ0) is 12.4. The molecule has 0 aliphatic heterocycles. The largest absolute Gasteiger partial charge is 0.493 e. The lowest BCUT2D eigenvalue weighted by atomic mass is 10.0. The summed E-state index contributed by atoms with van der Waals surface area (Å²) in [5.74, 6) is 0.927. The normalized spacial score (nSPS) is 10.7. The fourth-order valence-electron chi connectivity index (χ4n) is 2.08. The molecule has 0 spiro atoms. The van der Waals surface area contributed by atoms with Gasteiger partial charge in [0.1, 0.15) is 5.75 Å². The third-order valence-electron chi connectivity index (χ3n) is 2.85.